The summed E-state index contributed by atoms with van der Waals surface area (Å²) in [6, 6.07) is 3.96. The van der Waals surface area contributed by atoms with Crippen molar-refractivity contribution < 1.29 is 17.9 Å². The van der Waals surface area contributed by atoms with Crippen molar-refractivity contribution in [3.05, 3.63) is 29.6 Å². The van der Waals surface area contributed by atoms with E-state index in [0.29, 0.717) is 5.56 Å². The van der Waals surface area contributed by atoms with Crippen molar-refractivity contribution in [3.63, 3.8) is 0 Å². The van der Waals surface area contributed by atoms with E-state index in [2.05, 4.69) is 5.32 Å². The fourth-order valence-corrected chi connectivity index (χ4v) is 3.71. The van der Waals surface area contributed by atoms with Gasteiger partial charge in [-0.2, -0.15) is 0 Å². The number of nitrogens with one attached hydrogen (secondary N) is 1. The van der Waals surface area contributed by atoms with Crippen LogP contribution in [0.4, 0.5) is 10.1 Å². The zero-order valence-electron chi connectivity index (χ0n) is 9.35. The molecule has 1 aromatic carbocycles. The Balaban J connectivity index is 2.22. The Morgan fingerprint density at radius 3 is 2.65 bits per heavy atom. The summed E-state index contributed by atoms with van der Waals surface area (Å²) in [7, 11) is -3.23. The first-order valence-corrected chi connectivity index (χ1v) is 7.11. The number of sulfone groups is 1. The van der Waals surface area contributed by atoms with Gasteiger partial charge in [0.2, 0.25) is 0 Å². The van der Waals surface area contributed by atoms with Crippen molar-refractivity contribution in [1.29, 1.82) is 0 Å². The average molecular weight is 259 g/mol. The molecule has 94 valence electrons. The fraction of sp³-hybridized carbons (Fsp3) is 0.455. The standard InChI is InChI=1S/C11H14FNO3S/c1-7-3-2-4-8(12)11(7)13-9-5-17(15,16)6-10(9)14/h2-4,9-10,13-14H,5-6H2,1H3. The minimum Gasteiger partial charge on any atom is -0.390 e. The van der Waals surface area contributed by atoms with Crippen molar-refractivity contribution in [2.24, 2.45) is 0 Å². The molecule has 1 aromatic rings. The van der Waals surface area contributed by atoms with Gasteiger partial charge in [-0.05, 0) is 18.6 Å². The molecule has 1 heterocycles. The van der Waals surface area contributed by atoms with Crippen LogP contribution in [0.5, 0.6) is 0 Å². The molecule has 0 amide bonds. The molecular formula is C11H14FNO3S. The molecule has 1 fully saturated rings. The normalized spacial score (nSPS) is 27.0. The molecule has 0 radical (unpaired) electrons. The van der Waals surface area contributed by atoms with E-state index in [1.165, 1.54) is 6.07 Å². The summed E-state index contributed by atoms with van der Waals surface area (Å²) < 4.78 is 36.2. The van der Waals surface area contributed by atoms with Gasteiger partial charge in [0.15, 0.2) is 9.84 Å². The highest BCUT2D eigenvalue weighted by Gasteiger charge is 2.36. The quantitative estimate of drug-likeness (QED) is 0.820. The van der Waals surface area contributed by atoms with Gasteiger partial charge in [0, 0.05) is 0 Å². The number of halogens is 1. The van der Waals surface area contributed by atoms with E-state index in [1.54, 1.807) is 19.1 Å². The molecule has 1 aliphatic heterocycles. The van der Waals surface area contributed by atoms with Crippen LogP contribution in [-0.4, -0.2) is 37.2 Å². The lowest BCUT2D eigenvalue weighted by atomic mass is 10.1. The Bertz CT molecular complexity index is 509. The van der Waals surface area contributed by atoms with Crippen LogP contribution < -0.4 is 5.32 Å². The van der Waals surface area contributed by atoms with Crippen molar-refractivity contribution >= 4 is 15.5 Å². The van der Waals surface area contributed by atoms with Gasteiger partial charge >= 0.3 is 0 Å². The molecule has 4 nitrogen and oxygen atoms in total. The van der Waals surface area contributed by atoms with Crippen LogP contribution in [0.15, 0.2) is 18.2 Å². The zero-order valence-corrected chi connectivity index (χ0v) is 10.2. The second kappa shape index (κ2) is 4.27. The molecule has 0 saturated carbocycles. The number of hydrogen-bond donors (Lipinski definition) is 2. The number of aliphatic hydroxyl groups is 1. The maximum atomic E-state index is 13.5. The van der Waals surface area contributed by atoms with Gasteiger partial charge in [0.25, 0.3) is 0 Å². The Morgan fingerprint density at radius 1 is 1.41 bits per heavy atom. The Labute approximate surface area is 99.4 Å². The lowest BCUT2D eigenvalue weighted by Crippen LogP contribution is -2.32. The Hall–Kier alpha value is -1.14. The topological polar surface area (TPSA) is 66.4 Å². The molecule has 2 N–H and O–H groups in total. The summed E-state index contributed by atoms with van der Waals surface area (Å²) >= 11 is 0. The molecule has 0 bridgehead atoms. The highest BCUT2D eigenvalue weighted by atomic mass is 32.2. The molecule has 0 aliphatic carbocycles. The van der Waals surface area contributed by atoms with E-state index in [0.717, 1.165) is 0 Å². The average Bonchev–Trinajstić information content (AvgIpc) is 2.46. The van der Waals surface area contributed by atoms with Crippen LogP contribution in [0.3, 0.4) is 0 Å². The minimum atomic E-state index is -3.23. The maximum absolute atomic E-state index is 13.5. The first-order chi connectivity index (χ1) is 7.89. The van der Waals surface area contributed by atoms with Gasteiger partial charge in [-0.3, -0.25) is 0 Å². The third-order valence-electron chi connectivity index (χ3n) is 2.87. The predicted octanol–water partition coefficient (Wildman–Crippen LogP) is 0.704. The zero-order chi connectivity index (χ0) is 12.6. The molecule has 2 unspecified atom stereocenters. The summed E-state index contributed by atoms with van der Waals surface area (Å²) in [4.78, 5) is 0. The van der Waals surface area contributed by atoms with E-state index >= 15 is 0 Å². The fourth-order valence-electron chi connectivity index (χ4n) is 1.97. The van der Waals surface area contributed by atoms with Crippen LogP contribution in [0.1, 0.15) is 5.56 Å². The lowest BCUT2D eigenvalue weighted by molar-refractivity contribution is 0.190. The monoisotopic (exact) mass is 259 g/mol. The van der Waals surface area contributed by atoms with Gasteiger partial charge in [0.05, 0.1) is 29.3 Å². The van der Waals surface area contributed by atoms with E-state index < -0.39 is 27.8 Å². The number of para-hydroxylation sites is 1. The van der Waals surface area contributed by atoms with Crippen molar-refractivity contribution in [2.75, 3.05) is 16.8 Å². The summed E-state index contributed by atoms with van der Waals surface area (Å²) in [6.07, 6.45) is -0.987. The van der Waals surface area contributed by atoms with E-state index in [-0.39, 0.29) is 17.2 Å². The first-order valence-electron chi connectivity index (χ1n) is 5.29. The van der Waals surface area contributed by atoms with Crippen molar-refractivity contribution in [2.45, 2.75) is 19.1 Å². The van der Waals surface area contributed by atoms with E-state index in [9.17, 15) is 17.9 Å². The summed E-state index contributed by atoms with van der Waals surface area (Å²) in [5, 5.41) is 12.4. The number of anilines is 1. The molecular weight excluding hydrogens is 245 g/mol. The number of hydrogen-bond acceptors (Lipinski definition) is 4. The second-order valence-electron chi connectivity index (χ2n) is 4.33. The van der Waals surface area contributed by atoms with Gasteiger partial charge in [-0.1, -0.05) is 12.1 Å². The maximum Gasteiger partial charge on any atom is 0.155 e. The third kappa shape index (κ3) is 2.58. The summed E-state index contributed by atoms with van der Waals surface area (Å²) in [5.41, 5.74) is 0.940. The minimum absolute atomic E-state index is 0.165. The molecule has 0 aromatic heterocycles. The lowest BCUT2D eigenvalue weighted by Gasteiger charge is -2.18. The Morgan fingerprint density at radius 2 is 2.12 bits per heavy atom. The van der Waals surface area contributed by atoms with E-state index in [4.69, 9.17) is 0 Å². The number of aliphatic hydroxyl groups excluding tert-OH is 1. The van der Waals surface area contributed by atoms with Gasteiger partial charge in [0.1, 0.15) is 5.82 Å². The van der Waals surface area contributed by atoms with Crippen LogP contribution >= 0.6 is 0 Å². The smallest absolute Gasteiger partial charge is 0.155 e. The first kappa shape index (κ1) is 12.3. The Kier molecular flexibility index (Phi) is 3.09. The van der Waals surface area contributed by atoms with Crippen molar-refractivity contribution in [3.8, 4) is 0 Å². The van der Waals surface area contributed by atoms with E-state index in [1.807, 2.05) is 0 Å². The molecule has 0 spiro atoms. The second-order valence-corrected chi connectivity index (χ2v) is 6.48. The van der Waals surface area contributed by atoms with Crippen molar-refractivity contribution in [1.82, 2.24) is 0 Å². The highest BCUT2D eigenvalue weighted by Crippen LogP contribution is 2.23. The van der Waals surface area contributed by atoms with Gasteiger partial charge in [-0.25, -0.2) is 12.8 Å². The predicted molar refractivity (Wildman–Crippen MR) is 63.2 cm³/mol. The van der Waals surface area contributed by atoms with Crippen LogP contribution in [0.2, 0.25) is 0 Å². The molecule has 2 rings (SSSR count). The van der Waals surface area contributed by atoms with Gasteiger partial charge in [-0.15, -0.1) is 0 Å². The largest absolute Gasteiger partial charge is 0.390 e. The highest BCUT2D eigenvalue weighted by molar-refractivity contribution is 7.91. The molecule has 2 atom stereocenters. The summed E-state index contributed by atoms with van der Waals surface area (Å²) in [5.74, 6) is -0.874. The molecule has 1 aliphatic rings. The SMILES string of the molecule is Cc1cccc(F)c1NC1CS(=O)(=O)CC1O. The third-order valence-corrected chi connectivity index (χ3v) is 4.59. The van der Waals surface area contributed by atoms with Crippen LogP contribution in [0, 0.1) is 12.7 Å². The number of aryl methyl sites for hydroxylation is 1. The van der Waals surface area contributed by atoms with Gasteiger partial charge < -0.3 is 10.4 Å². The summed E-state index contributed by atoms with van der Waals surface area (Å²) in [6.45, 7) is 1.72. The van der Waals surface area contributed by atoms with Crippen LogP contribution in [-0.2, 0) is 9.84 Å². The molecule has 17 heavy (non-hydrogen) atoms. The molecule has 6 heteroatoms. The molecule has 1 saturated heterocycles. The number of rotatable bonds is 2. The van der Waals surface area contributed by atoms with Crippen LogP contribution in [0.25, 0.3) is 0 Å². The number of benzene rings is 1.